The van der Waals surface area contributed by atoms with E-state index in [1.165, 1.54) is 6.07 Å². The number of nitro benzene ring substituents is 1. The molecule has 0 aliphatic heterocycles. The van der Waals surface area contributed by atoms with Gasteiger partial charge in [0, 0.05) is 29.7 Å². The third-order valence-electron chi connectivity index (χ3n) is 5.08. The highest BCUT2D eigenvalue weighted by molar-refractivity contribution is 6.13. The topological polar surface area (TPSA) is 117 Å². The molecule has 2 heterocycles. The second-order valence-corrected chi connectivity index (χ2v) is 7.14. The molecule has 0 radical (unpaired) electrons. The zero-order valence-corrected chi connectivity index (χ0v) is 17.8. The highest BCUT2D eigenvalue weighted by atomic mass is 16.6. The average molecular weight is 435 g/mol. The summed E-state index contributed by atoms with van der Waals surface area (Å²) in [5.74, 6) is 0.462. The van der Waals surface area contributed by atoms with Gasteiger partial charge in [0.2, 0.25) is 0 Å². The maximum atomic E-state index is 12.5. The number of pyridine rings is 1. The lowest BCUT2D eigenvalue weighted by molar-refractivity contribution is -0.385. The summed E-state index contributed by atoms with van der Waals surface area (Å²) in [5.41, 5.74) is 2.80. The Labute approximate surface area is 183 Å². The number of hydrogen-bond acceptors (Lipinski definition) is 7. The summed E-state index contributed by atoms with van der Waals surface area (Å²) >= 11 is 0. The van der Waals surface area contributed by atoms with Gasteiger partial charge in [-0.1, -0.05) is 6.07 Å². The van der Waals surface area contributed by atoms with Crippen LogP contribution < -0.4 is 4.74 Å². The van der Waals surface area contributed by atoms with E-state index in [0.717, 1.165) is 21.8 Å². The fourth-order valence-corrected chi connectivity index (χ4v) is 3.74. The first-order chi connectivity index (χ1) is 15.4. The van der Waals surface area contributed by atoms with Crippen LogP contribution >= 0.6 is 0 Å². The van der Waals surface area contributed by atoms with E-state index >= 15 is 0 Å². The smallest absolute Gasteiger partial charge is 0.357 e. The summed E-state index contributed by atoms with van der Waals surface area (Å²) in [5, 5.41) is 12.6. The van der Waals surface area contributed by atoms with Crippen molar-refractivity contribution in [3.8, 4) is 11.5 Å². The number of aryl methyl sites for hydroxylation is 1. The third kappa shape index (κ3) is 3.74. The number of carbonyl (C=O) groups excluding carboxylic acids is 1. The number of aromatic nitrogens is 2. The van der Waals surface area contributed by atoms with Crippen LogP contribution in [0.15, 0.2) is 42.6 Å². The molecule has 2 aromatic heterocycles. The van der Waals surface area contributed by atoms with E-state index in [1.54, 1.807) is 45.4 Å². The number of aromatic amines is 1. The molecule has 4 rings (SSSR count). The lowest BCUT2D eigenvalue weighted by atomic mass is 10.0. The Morgan fingerprint density at radius 3 is 2.69 bits per heavy atom. The first-order valence-corrected chi connectivity index (χ1v) is 9.95. The fourth-order valence-electron chi connectivity index (χ4n) is 3.74. The normalized spacial score (nSPS) is 11.1. The third-order valence-corrected chi connectivity index (χ3v) is 5.08. The number of benzene rings is 2. The molecule has 0 fully saturated rings. The Kier molecular flexibility index (Phi) is 5.74. The first kappa shape index (κ1) is 21.3. The number of fused-ring (bicyclic) bond motifs is 3. The molecule has 0 spiro atoms. The van der Waals surface area contributed by atoms with Gasteiger partial charge in [-0.3, -0.25) is 10.1 Å². The first-order valence-electron chi connectivity index (χ1n) is 9.95. The molecule has 0 aliphatic rings. The number of methoxy groups -OCH3 is 1. The van der Waals surface area contributed by atoms with Crippen LogP contribution in [0.5, 0.6) is 11.5 Å². The van der Waals surface area contributed by atoms with Crippen molar-refractivity contribution in [2.24, 2.45) is 0 Å². The molecular weight excluding hydrogens is 414 g/mol. The number of ether oxygens (including phenoxy) is 3. The number of nitrogens with one attached hydrogen (secondary N) is 1. The van der Waals surface area contributed by atoms with Crippen LogP contribution in [0.4, 0.5) is 5.69 Å². The van der Waals surface area contributed by atoms with Crippen LogP contribution in [0.1, 0.15) is 28.5 Å². The SMILES string of the molecule is CCOC(=O)c1ncc2[nH]c3cccc(Oc4ccc([N+](=O)[O-])c(C)c4)c3c2c1COC. The van der Waals surface area contributed by atoms with E-state index in [1.807, 2.05) is 12.1 Å². The number of nitro groups is 1. The van der Waals surface area contributed by atoms with Crippen molar-refractivity contribution in [3.63, 3.8) is 0 Å². The maximum Gasteiger partial charge on any atom is 0.357 e. The number of rotatable bonds is 7. The zero-order chi connectivity index (χ0) is 22.8. The van der Waals surface area contributed by atoms with Crippen molar-refractivity contribution in [2.45, 2.75) is 20.5 Å². The predicted molar refractivity (Wildman–Crippen MR) is 118 cm³/mol. The van der Waals surface area contributed by atoms with E-state index in [0.29, 0.717) is 22.6 Å². The van der Waals surface area contributed by atoms with Gasteiger partial charge in [0.25, 0.3) is 5.69 Å². The Hall–Kier alpha value is -3.98. The number of carbonyl (C=O) groups is 1. The molecule has 0 saturated carbocycles. The maximum absolute atomic E-state index is 12.5. The van der Waals surface area contributed by atoms with Crippen molar-refractivity contribution >= 4 is 33.5 Å². The van der Waals surface area contributed by atoms with Gasteiger partial charge in [0.1, 0.15) is 11.5 Å². The van der Waals surface area contributed by atoms with Crippen molar-refractivity contribution in [1.82, 2.24) is 9.97 Å². The number of hydrogen-bond donors (Lipinski definition) is 1. The second-order valence-electron chi connectivity index (χ2n) is 7.14. The molecule has 0 unspecified atom stereocenters. The molecule has 9 heteroatoms. The van der Waals surface area contributed by atoms with E-state index in [4.69, 9.17) is 14.2 Å². The van der Waals surface area contributed by atoms with Gasteiger partial charge in [-0.15, -0.1) is 0 Å². The highest BCUT2D eigenvalue weighted by Gasteiger charge is 2.22. The Bertz CT molecular complexity index is 1340. The van der Waals surface area contributed by atoms with Gasteiger partial charge in [0.05, 0.1) is 40.8 Å². The van der Waals surface area contributed by atoms with Crippen LogP contribution in [0.2, 0.25) is 0 Å². The van der Waals surface area contributed by atoms with Crippen LogP contribution in [-0.2, 0) is 16.1 Å². The monoisotopic (exact) mass is 435 g/mol. The molecule has 164 valence electrons. The second kappa shape index (κ2) is 8.64. The molecule has 2 aromatic carbocycles. The summed E-state index contributed by atoms with van der Waals surface area (Å²) in [4.78, 5) is 30.8. The molecule has 0 atom stereocenters. The fraction of sp³-hybridized carbons (Fsp3) is 0.217. The quantitative estimate of drug-likeness (QED) is 0.245. The molecule has 0 amide bonds. The molecule has 0 aliphatic carbocycles. The molecule has 9 nitrogen and oxygen atoms in total. The minimum Gasteiger partial charge on any atom is -0.461 e. The average Bonchev–Trinajstić information content (AvgIpc) is 3.14. The molecule has 0 saturated heterocycles. The lowest BCUT2D eigenvalue weighted by Crippen LogP contribution is -2.11. The van der Waals surface area contributed by atoms with Gasteiger partial charge in [-0.05, 0) is 38.1 Å². The minimum atomic E-state index is -0.528. The standard InChI is InChI=1S/C23H21N3O6/c1-4-31-23(27)22-15(12-30-3)20-17(11-24-22)25-16-6-5-7-19(21(16)20)32-14-8-9-18(26(28)29)13(2)10-14/h5-11,25H,4,12H2,1-3H3. The van der Waals surface area contributed by atoms with Crippen molar-refractivity contribution in [1.29, 1.82) is 0 Å². The molecule has 0 bridgehead atoms. The summed E-state index contributed by atoms with van der Waals surface area (Å²) in [6.07, 6.45) is 1.58. The largest absolute Gasteiger partial charge is 0.461 e. The van der Waals surface area contributed by atoms with Gasteiger partial charge in [0.15, 0.2) is 5.69 Å². The van der Waals surface area contributed by atoms with Gasteiger partial charge in [-0.25, -0.2) is 9.78 Å². The van der Waals surface area contributed by atoms with Crippen LogP contribution in [-0.4, -0.2) is 34.6 Å². The summed E-state index contributed by atoms with van der Waals surface area (Å²) in [7, 11) is 1.54. The Morgan fingerprint density at radius 1 is 1.19 bits per heavy atom. The van der Waals surface area contributed by atoms with E-state index in [9.17, 15) is 14.9 Å². The summed E-state index contributed by atoms with van der Waals surface area (Å²) < 4.78 is 16.7. The molecule has 1 N–H and O–H groups in total. The van der Waals surface area contributed by atoms with E-state index in [2.05, 4.69) is 9.97 Å². The Balaban J connectivity index is 1.90. The van der Waals surface area contributed by atoms with E-state index < -0.39 is 10.9 Å². The lowest BCUT2D eigenvalue weighted by Gasteiger charge is -2.11. The number of H-pyrrole nitrogens is 1. The van der Waals surface area contributed by atoms with Crippen LogP contribution in [0, 0.1) is 17.0 Å². The molecule has 4 aromatic rings. The molecular formula is C23H21N3O6. The van der Waals surface area contributed by atoms with Crippen molar-refractivity contribution < 1.29 is 23.9 Å². The van der Waals surface area contributed by atoms with Gasteiger partial charge >= 0.3 is 5.97 Å². The van der Waals surface area contributed by atoms with E-state index in [-0.39, 0.29) is 24.6 Å². The van der Waals surface area contributed by atoms with Gasteiger partial charge in [-0.2, -0.15) is 0 Å². The van der Waals surface area contributed by atoms with Crippen LogP contribution in [0.25, 0.3) is 21.8 Å². The minimum absolute atomic E-state index is 0.0233. The zero-order valence-electron chi connectivity index (χ0n) is 17.8. The van der Waals surface area contributed by atoms with Crippen molar-refractivity contribution in [2.75, 3.05) is 13.7 Å². The Morgan fingerprint density at radius 2 is 2.00 bits per heavy atom. The summed E-state index contributed by atoms with van der Waals surface area (Å²) in [6, 6.07) is 10.1. The predicted octanol–water partition coefficient (Wildman–Crippen LogP) is 5.05. The van der Waals surface area contributed by atoms with Gasteiger partial charge < -0.3 is 19.2 Å². The number of esters is 1. The summed E-state index contributed by atoms with van der Waals surface area (Å²) in [6.45, 7) is 3.77. The highest BCUT2D eigenvalue weighted by Crippen LogP contribution is 2.38. The van der Waals surface area contributed by atoms with Crippen LogP contribution in [0.3, 0.4) is 0 Å². The molecule has 32 heavy (non-hydrogen) atoms. The van der Waals surface area contributed by atoms with Crippen molar-refractivity contribution in [3.05, 3.63) is 69.5 Å². The number of nitrogens with zero attached hydrogens (tertiary/aromatic N) is 2.